The van der Waals surface area contributed by atoms with E-state index < -0.39 is 0 Å². The van der Waals surface area contributed by atoms with E-state index in [4.69, 9.17) is 4.52 Å². The lowest BCUT2D eigenvalue weighted by Crippen LogP contribution is -1.78. The van der Waals surface area contributed by atoms with Crippen LogP contribution >= 0.6 is 11.8 Å². The SMILES string of the molecule is c1ncc2[nH]c(SCc3cc(C4CC4)no3)nc2n1. The lowest BCUT2D eigenvalue weighted by atomic mass is 10.3. The van der Waals surface area contributed by atoms with E-state index in [1.54, 1.807) is 18.0 Å². The van der Waals surface area contributed by atoms with E-state index in [2.05, 4.69) is 25.1 Å². The number of nitrogens with one attached hydrogen (secondary N) is 1. The first-order chi connectivity index (χ1) is 9.38. The summed E-state index contributed by atoms with van der Waals surface area (Å²) in [6.07, 6.45) is 5.69. The normalized spacial score (nSPS) is 15.2. The summed E-state index contributed by atoms with van der Waals surface area (Å²) in [5.74, 6) is 2.23. The van der Waals surface area contributed by atoms with Gasteiger partial charge in [-0.25, -0.2) is 15.0 Å². The minimum absolute atomic E-state index is 0.629. The zero-order chi connectivity index (χ0) is 12.7. The zero-order valence-electron chi connectivity index (χ0n) is 10.0. The number of aromatic amines is 1. The molecule has 6 nitrogen and oxygen atoms in total. The van der Waals surface area contributed by atoms with Crippen molar-refractivity contribution in [2.75, 3.05) is 0 Å². The summed E-state index contributed by atoms with van der Waals surface area (Å²) in [6, 6.07) is 2.05. The lowest BCUT2D eigenvalue weighted by molar-refractivity contribution is 0.388. The van der Waals surface area contributed by atoms with E-state index in [1.165, 1.54) is 19.2 Å². The average molecular weight is 273 g/mol. The molecule has 0 bridgehead atoms. The van der Waals surface area contributed by atoms with Gasteiger partial charge in [0, 0.05) is 12.0 Å². The van der Waals surface area contributed by atoms with Crippen LogP contribution in [0.4, 0.5) is 0 Å². The first-order valence-corrected chi connectivity index (χ1v) is 7.11. The topological polar surface area (TPSA) is 80.5 Å². The van der Waals surface area contributed by atoms with Crippen molar-refractivity contribution in [3.63, 3.8) is 0 Å². The molecular weight excluding hydrogens is 262 g/mol. The molecule has 0 aliphatic heterocycles. The van der Waals surface area contributed by atoms with Gasteiger partial charge in [0.05, 0.1) is 17.6 Å². The highest BCUT2D eigenvalue weighted by Gasteiger charge is 2.27. The Bertz CT molecular complexity index is 685. The minimum Gasteiger partial charge on any atom is -0.360 e. The molecule has 3 aromatic heterocycles. The minimum atomic E-state index is 0.629. The van der Waals surface area contributed by atoms with E-state index in [-0.39, 0.29) is 0 Å². The van der Waals surface area contributed by atoms with Gasteiger partial charge in [-0.1, -0.05) is 16.9 Å². The molecule has 1 aliphatic carbocycles. The highest BCUT2D eigenvalue weighted by Crippen LogP contribution is 2.39. The number of nitrogens with zero attached hydrogens (tertiary/aromatic N) is 4. The largest absolute Gasteiger partial charge is 0.360 e. The monoisotopic (exact) mass is 273 g/mol. The van der Waals surface area contributed by atoms with Crippen LogP contribution in [-0.4, -0.2) is 25.1 Å². The van der Waals surface area contributed by atoms with Crippen LogP contribution in [0.2, 0.25) is 0 Å². The molecular formula is C12H11N5OS. The second kappa shape index (κ2) is 4.34. The quantitative estimate of drug-likeness (QED) is 0.736. The Balaban J connectivity index is 1.48. The van der Waals surface area contributed by atoms with Crippen LogP contribution in [0, 0.1) is 0 Å². The fourth-order valence-electron chi connectivity index (χ4n) is 1.92. The highest BCUT2D eigenvalue weighted by atomic mass is 32.2. The van der Waals surface area contributed by atoms with E-state index in [1.807, 2.05) is 6.07 Å². The number of hydrogen-bond acceptors (Lipinski definition) is 6. The first-order valence-electron chi connectivity index (χ1n) is 6.12. The molecule has 1 fully saturated rings. The van der Waals surface area contributed by atoms with Crippen LogP contribution in [0.3, 0.4) is 0 Å². The molecule has 0 atom stereocenters. The maximum absolute atomic E-state index is 5.32. The fourth-order valence-corrected chi connectivity index (χ4v) is 2.66. The summed E-state index contributed by atoms with van der Waals surface area (Å²) in [5, 5.41) is 4.91. The Hall–Kier alpha value is -1.89. The Kier molecular flexibility index (Phi) is 2.51. The second-order valence-electron chi connectivity index (χ2n) is 4.58. The number of aromatic nitrogens is 5. The van der Waals surface area contributed by atoms with Crippen LogP contribution < -0.4 is 0 Å². The van der Waals surface area contributed by atoms with Gasteiger partial charge in [-0.05, 0) is 12.8 Å². The van der Waals surface area contributed by atoms with Crippen LogP contribution in [0.25, 0.3) is 11.2 Å². The molecule has 1 saturated carbocycles. The molecule has 0 unspecified atom stereocenters. The summed E-state index contributed by atoms with van der Waals surface area (Å²) >= 11 is 1.58. The van der Waals surface area contributed by atoms with Gasteiger partial charge >= 0.3 is 0 Å². The molecule has 0 spiro atoms. The van der Waals surface area contributed by atoms with Crippen LogP contribution in [-0.2, 0) is 5.75 Å². The standard InChI is InChI=1S/C12H11N5OS/c1-2-7(1)9-3-8(18-17-9)5-19-12-15-10-4-13-6-14-11(10)16-12/h3-4,6-7H,1-2,5H2,(H,13,14,15,16). The maximum atomic E-state index is 5.32. The highest BCUT2D eigenvalue weighted by molar-refractivity contribution is 7.98. The summed E-state index contributed by atoms with van der Waals surface area (Å²) in [7, 11) is 0. The number of hydrogen-bond donors (Lipinski definition) is 1. The van der Waals surface area contributed by atoms with Crippen molar-refractivity contribution < 1.29 is 4.52 Å². The second-order valence-corrected chi connectivity index (χ2v) is 5.55. The van der Waals surface area contributed by atoms with Crippen molar-refractivity contribution in [2.24, 2.45) is 0 Å². The predicted octanol–water partition coefficient (Wildman–Crippen LogP) is 2.51. The average Bonchev–Trinajstić information content (AvgIpc) is 3.03. The molecule has 1 aliphatic rings. The molecule has 0 radical (unpaired) electrons. The molecule has 7 heteroatoms. The van der Waals surface area contributed by atoms with Gasteiger partial charge in [-0.15, -0.1) is 0 Å². The lowest BCUT2D eigenvalue weighted by Gasteiger charge is -1.91. The molecule has 0 aromatic carbocycles. The smallest absolute Gasteiger partial charge is 0.181 e. The molecule has 3 aromatic rings. The Morgan fingerprint density at radius 1 is 1.42 bits per heavy atom. The van der Waals surface area contributed by atoms with Crippen molar-refractivity contribution in [2.45, 2.75) is 29.7 Å². The fraction of sp³-hybridized carbons (Fsp3) is 0.333. The summed E-state index contributed by atoms with van der Waals surface area (Å²) in [5.41, 5.74) is 2.63. The van der Waals surface area contributed by atoms with Crippen molar-refractivity contribution >= 4 is 22.9 Å². The zero-order valence-corrected chi connectivity index (χ0v) is 10.9. The van der Waals surface area contributed by atoms with Gasteiger partial charge < -0.3 is 9.51 Å². The Morgan fingerprint density at radius 3 is 3.21 bits per heavy atom. The van der Waals surface area contributed by atoms with Gasteiger partial charge in [-0.3, -0.25) is 0 Å². The Labute approximate surface area is 113 Å². The van der Waals surface area contributed by atoms with E-state index >= 15 is 0 Å². The molecule has 4 rings (SSSR count). The molecule has 1 N–H and O–H groups in total. The third-order valence-corrected chi connectivity index (χ3v) is 3.96. The van der Waals surface area contributed by atoms with Crippen LogP contribution in [0.5, 0.6) is 0 Å². The van der Waals surface area contributed by atoms with Crippen molar-refractivity contribution in [3.8, 4) is 0 Å². The van der Waals surface area contributed by atoms with Gasteiger partial charge in [0.25, 0.3) is 0 Å². The van der Waals surface area contributed by atoms with Gasteiger partial charge in [0.15, 0.2) is 10.8 Å². The number of H-pyrrole nitrogens is 1. The van der Waals surface area contributed by atoms with Crippen molar-refractivity contribution in [1.29, 1.82) is 0 Å². The molecule has 96 valence electrons. The predicted molar refractivity (Wildman–Crippen MR) is 69.7 cm³/mol. The van der Waals surface area contributed by atoms with Gasteiger partial charge in [0.2, 0.25) is 0 Å². The van der Waals surface area contributed by atoms with E-state index in [0.29, 0.717) is 17.3 Å². The third-order valence-electron chi connectivity index (χ3n) is 3.06. The number of fused-ring (bicyclic) bond motifs is 1. The maximum Gasteiger partial charge on any atom is 0.181 e. The number of imidazole rings is 1. The molecule has 0 saturated heterocycles. The Morgan fingerprint density at radius 2 is 2.37 bits per heavy atom. The van der Waals surface area contributed by atoms with E-state index in [0.717, 1.165) is 22.1 Å². The van der Waals surface area contributed by atoms with Crippen molar-refractivity contribution in [3.05, 3.63) is 30.0 Å². The van der Waals surface area contributed by atoms with Gasteiger partial charge in [0.1, 0.15) is 17.6 Å². The van der Waals surface area contributed by atoms with Gasteiger partial charge in [-0.2, -0.15) is 0 Å². The van der Waals surface area contributed by atoms with Crippen LogP contribution in [0.1, 0.15) is 30.2 Å². The van der Waals surface area contributed by atoms with Crippen molar-refractivity contribution in [1.82, 2.24) is 25.1 Å². The molecule has 19 heavy (non-hydrogen) atoms. The third kappa shape index (κ3) is 2.21. The first kappa shape index (κ1) is 11.0. The summed E-state index contributed by atoms with van der Waals surface area (Å²) in [4.78, 5) is 15.6. The van der Waals surface area contributed by atoms with Crippen LogP contribution in [0.15, 0.2) is 28.3 Å². The molecule has 3 heterocycles. The number of thioether (sulfide) groups is 1. The summed E-state index contributed by atoms with van der Waals surface area (Å²) in [6.45, 7) is 0. The number of rotatable bonds is 4. The van der Waals surface area contributed by atoms with E-state index in [9.17, 15) is 0 Å². The summed E-state index contributed by atoms with van der Waals surface area (Å²) < 4.78 is 5.32. The molecule has 0 amide bonds.